The van der Waals surface area contributed by atoms with Crippen LogP contribution in [0.3, 0.4) is 0 Å². The van der Waals surface area contributed by atoms with E-state index >= 15 is 0 Å². The van der Waals surface area contributed by atoms with Crippen LogP contribution in [0.5, 0.6) is 0 Å². The molecule has 3 amide bonds. The van der Waals surface area contributed by atoms with E-state index < -0.39 is 5.97 Å². The first-order valence-electron chi connectivity index (χ1n) is 7.94. The molecule has 130 valence electrons. The highest BCUT2D eigenvalue weighted by atomic mass is 16.4. The molecule has 7 heteroatoms. The highest BCUT2D eigenvalue weighted by Crippen LogP contribution is 2.27. The maximum atomic E-state index is 12.3. The zero-order chi connectivity index (χ0) is 17.7. The average Bonchev–Trinajstić information content (AvgIpc) is 2.59. The topological polar surface area (TPSA) is 90.0 Å². The third kappa shape index (κ3) is 4.47. The molecule has 0 aliphatic carbocycles. The summed E-state index contributed by atoms with van der Waals surface area (Å²) in [6, 6.07) is 6.53. The summed E-state index contributed by atoms with van der Waals surface area (Å²) in [7, 11) is 3.25. The number of hydrogen-bond donors (Lipinski definition) is 2. The Hall–Kier alpha value is -2.57. The summed E-state index contributed by atoms with van der Waals surface area (Å²) in [5.74, 6) is -0.856. The molecule has 0 bridgehead atoms. The van der Waals surface area contributed by atoms with Crippen molar-refractivity contribution < 1.29 is 19.5 Å². The molecule has 1 aromatic rings. The number of nitrogens with one attached hydrogen (secondary N) is 1. The van der Waals surface area contributed by atoms with Gasteiger partial charge in [0.05, 0.1) is 12.1 Å². The number of carboxylic acid groups (broad SMARTS) is 1. The molecular weight excluding hydrogens is 310 g/mol. The van der Waals surface area contributed by atoms with E-state index in [4.69, 9.17) is 5.11 Å². The van der Waals surface area contributed by atoms with Crippen LogP contribution < -0.4 is 5.32 Å². The van der Waals surface area contributed by atoms with Gasteiger partial charge in [0.2, 0.25) is 5.91 Å². The summed E-state index contributed by atoms with van der Waals surface area (Å²) in [4.78, 5) is 37.8. The minimum atomic E-state index is -0.946. The Morgan fingerprint density at radius 1 is 1.25 bits per heavy atom. The van der Waals surface area contributed by atoms with Gasteiger partial charge < -0.3 is 20.2 Å². The number of aromatic carboxylic acids is 1. The van der Waals surface area contributed by atoms with Gasteiger partial charge in [-0.05, 0) is 30.5 Å². The first kappa shape index (κ1) is 17.8. The Kier molecular flexibility index (Phi) is 5.78. The molecule has 1 heterocycles. The summed E-state index contributed by atoms with van der Waals surface area (Å²) in [5, 5.41) is 11.5. The van der Waals surface area contributed by atoms with Gasteiger partial charge in [-0.1, -0.05) is 12.1 Å². The van der Waals surface area contributed by atoms with Gasteiger partial charge in [0.15, 0.2) is 0 Å². The molecule has 1 atom stereocenters. The molecule has 7 nitrogen and oxygen atoms in total. The Labute approximate surface area is 141 Å². The number of carbonyl (C=O) groups is 3. The van der Waals surface area contributed by atoms with Crippen molar-refractivity contribution in [2.45, 2.75) is 18.8 Å². The molecule has 1 saturated heterocycles. The smallest absolute Gasteiger partial charge is 0.335 e. The molecule has 0 aromatic heterocycles. The molecule has 1 aliphatic rings. The second kappa shape index (κ2) is 7.81. The summed E-state index contributed by atoms with van der Waals surface area (Å²) in [6.07, 6.45) is 1.85. The Morgan fingerprint density at radius 2 is 1.92 bits per heavy atom. The number of amides is 3. The Morgan fingerprint density at radius 3 is 2.50 bits per heavy atom. The zero-order valence-corrected chi connectivity index (χ0v) is 14.0. The number of benzene rings is 1. The number of nitrogens with zero attached hydrogens (tertiary/aromatic N) is 2. The van der Waals surface area contributed by atoms with Crippen molar-refractivity contribution >= 4 is 17.9 Å². The SMILES string of the molecule is CN(C)C(=O)NCC(=O)N1CCC[C@H](c2ccc(C(=O)O)cc2)C1. The number of carbonyl (C=O) groups excluding carboxylic acids is 2. The van der Waals surface area contributed by atoms with Crippen LogP contribution in [-0.2, 0) is 4.79 Å². The van der Waals surface area contributed by atoms with Crippen molar-refractivity contribution in [3.8, 4) is 0 Å². The van der Waals surface area contributed by atoms with Crippen LogP contribution in [0.4, 0.5) is 4.79 Å². The highest BCUT2D eigenvalue weighted by Gasteiger charge is 2.25. The Balaban J connectivity index is 1.94. The number of rotatable bonds is 4. The molecule has 0 saturated carbocycles. The van der Waals surface area contributed by atoms with Crippen LogP contribution in [-0.4, -0.2) is 66.5 Å². The third-order valence-electron chi connectivity index (χ3n) is 4.20. The van der Waals surface area contributed by atoms with Crippen LogP contribution in [0.25, 0.3) is 0 Å². The molecule has 1 aromatic carbocycles. The highest BCUT2D eigenvalue weighted by molar-refractivity contribution is 5.87. The van der Waals surface area contributed by atoms with Crippen LogP contribution >= 0.6 is 0 Å². The zero-order valence-electron chi connectivity index (χ0n) is 14.0. The second-order valence-electron chi connectivity index (χ2n) is 6.16. The summed E-state index contributed by atoms with van der Waals surface area (Å²) >= 11 is 0. The minimum Gasteiger partial charge on any atom is -0.478 e. The Bertz CT molecular complexity index is 613. The van der Waals surface area contributed by atoms with E-state index in [-0.39, 0.29) is 30.0 Å². The van der Waals surface area contributed by atoms with Crippen molar-refractivity contribution in [2.75, 3.05) is 33.7 Å². The fourth-order valence-electron chi connectivity index (χ4n) is 2.79. The fourth-order valence-corrected chi connectivity index (χ4v) is 2.79. The largest absolute Gasteiger partial charge is 0.478 e. The van der Waals surface area contributed by atoms with Crippen molar-refractivity contribution in [1.29, 1.82) is 0 Å². The predicted molar refractivity (Wildman–Crippen MR) is 89.0 cm³/mol. The first-order valence-corrected chi connectivity index (χ1v) is 7.94. The van der Waals surface area contributed by atoms with E-state index in [0.717, 1.165) is 18.4 Å². The first-order chi connectivity index (χ1) is 11.4. The lowest BCUT2D eigenvalue weighted by Crippen LogP contribution is -2.46. The van der Waals surface area contributed by atoms with E-state index in [1.165, 1.54) is 4.90 Å². The quantitative estimate of drug-likeness (QED) is 0.870. The average molecular weight is 333 g/mol. The number of urea groups is 1. The van der Waals surface area contributed by atoms with Gasteiger partial charge in [-0.25, -0.2) is 9.59 Å². The summed E-state index contributed by atoms with van der Waals surface area (Å²) in [5.41, 5.74) is 1.30. The molecule has 0 radical (unpaired) electrons. The van der Waals surface area contributed by atoms with Gasteiger partial charge in [0, 0.05) is 33.1 Å². The lowest BCUT2D eigenvalue weighted by molar-refractivity contribution is -0.131. The standard InChI is InChI=1S/C17H23N3O4/c1-19(2)17(24)18-10-15(21)20-9-3-4-14(11-20)12-5-7-13(8-6-12)16(22)23/h5-8,14H,3-4,9-11H2,1-2H3,(H,18,24)(H,22,23)/t14-/m0/s1. The van der Waals surface area contributed by atoms with Crippen molar-refractivity contribution in [3.05, 3.63) is 35.4 Å². The maximum Gasteiger partial charge on any atom is 0.335 e. The number of hydrogen-bond acceptors (Lipinski definition) is 3. The van der Waals surface area contributed by atoms with Gasteiger partial charge in [0.1, 0.15) is 0 Å². The lowest BCUT2D eigenvalue weighted by Gasteiger charge is -2.33. The maximum absolute atomic E-state index is 12.3. The van der Waals surface area contributed by atoms with E-state index in [2.05, 4.69) is 5.32 Å². The molecule has 2 N–H and O–H groups in total. The molecule has 1 fully saturated rings. The van der Waals surface area contributed by atoms with Crippen molar-refractivity contribution in [3.63, 3.8) is 0 Å². The van der Waals surface area contributed by atoms with Gasteiger partial charge in [-0.3, -0.25) is 4.79 Å². The van der Waals surface area contributed by atoms with Crippen LogP contribution in [0.1, 0.15) is 34.7 Å². The van der Waals surface area contributed by atoms with E-state index in [9.17, 15) is 14.4 Å². The van der Waals surface area contributed by atoms with Crippen LogP contribution in [0.15, 0.2) is 24.3 Å². The summed E-state index contributed by atoms with van der Waals surface area (Å²) in [6.45, 7) is 1.26. The monoisotopic (exact) mass is 333 g/mol. The fraction of sp³-hybridized carbons (Fsp3) is 0.471. The molecule has 0 spiro atoms. The molecule has 2 rings (SSSR count). The number of likely N-dealkylation sites (tertiary alicyclic amines) is 1. The third-order valence-corrected chi connectivity index (χ3v) is 4.20. The lowest BCUT2D eigenvalue weighted by atomic mass is 9.90. The molecular formula is C17H23N3O4. The predicted octanol–water partition coefficient (Wildman–Crippen LogP) is 1.36. The number of piperidine rings is 1. The van der Waals surface area contributed by atoms with Crippen molar-refractivity contribution in [1.82, 2.24) is 15.1 Å². The van der Waals surface area contributed by atoms with E-state index in [1.807, 2.05) is 12.1 Å². The van der Waals surface area contributed by atoms with Crippen LogP contribution in [0.2, 0.25) is 0 Å². The summed E-state index contributed by atoms with van der Waals surface area (Å²) < 4.78 is 0. The van der Waals surface area contributed by atoms with Gasteiger partial charge in [-0.2, -0.15) is 0 Å². The van der Waals surface area contributed by atoms with Gasteiger partial charge in [-0.15, -0.1) is 0 Å². The van der Waals surface area contributed by atoms with Crippen molar-refractivity contribution in [2.24, 2.45) is 0 Å². The van der Waals surface area contributed by atoms with E-state index in [0.29, 0.717) is 13.1 Å². The normalized spacial score (nSPS) is 17.2. The van der Waals surface area contributed by atoms with Gasteiger partial charge in [0.25, 0.3) is 0 Å². The molecule has 0 unspecified atom stereocenters. The molecule has 24 heavy (non-hydrogen) atoms. The van der Waals surface area contributed by atoms with Crippen LogP contribution in [0, 0.1) is 0 Å². The second-order valence-corrected chi connectivity index (χ2v) is 6.16. The number of carboxylic acids is 1. The molecule has 1 aliphatic heterocycles. The minimum absolute atomic E-state index is 0.0122. The van der Waals surface area contributed by atoms with E-state index in [1.54, 1.807) is 31.1 Å². The van der Waals surface area contributed by atoms with Gasteiger partial charge >= 0.3 is 12.0 Å².